The van der Waals surface area contributed by atoms with Crippen LogP contribution in [-0.4, -0.2) is 33.8 Å². The molecule has 1 aliphatic heterocycles. The largest absolute Gasteiger partial charge is 0.493 e. The van der Waals surface area contributed by atoms with E-state index in [9.17, 15) is 0 Å². The van der Waals surface area contributed by atoms with E-state index in [-0.39, 0.29) is 6.17 Å². The fourth-order valence-corrected chi connectivity index (χ4v) is 4.90. The van der Waals surface area contributed by atoms with Gasteiger partial charge in [0.15, 0.2) is 17.7 Å². The van der Waals surface area contributed by atoms with Gasteiger partial charge in [0.1, 0.15) is 5.69 Å². The maximum Gasteiger partial charge on any atom is 0.161 e. The van der Waals surface area contributed by atoms with Crippen LogP contribution in [0.2, 0.25) is 0 Å². The molecule has 180 valence electrons. The summed E-state index contributed by atoms with van der Waals surface area (Å²) in [6.45, 7) is 4.16. The van der Waals surface area contributed by atoms with Gasteiger partial charge in [-0.05, 0) is 55.8 Å². The molecular weight excluding hydrogens is 450 g/mol. The van der Waals surface area contributed by atoms with Crippen LogP contribution in [0.5, 0.6) is 11.5 Å². The van der Waals surface area contributed by atoms with Crippen LogP contribution in [-0.2, 0) is 0 Å². The summed E-state index contributed by atoms with van der Waals surface area (Å²) in [5.74, 6) is 1.33. The maximum atomic E-state index is 5.60. The molecule has 0 bridgehead atoms. The molecule has 0 amide bonds. The van der Waals surface area contributed by atoms with Crippen molar-refractivity contribution in [1.29, 1.82) is 0 Å². The number of methoxy groups -OCH3 is 2. The Morgan fingerprint density at radius 3 is 2.42 bits per heavy atom. The quantitative estimate of drug-likeness (QED) is 0.336. The van der Waals surface area contributed by atoms with Crippen molar-refractivity contribution < 1.29 is 9.47 Å². The molecule has 2 aromatic heterocycles. The molecule has 7 heteroatoms. The van der Waals surface area contributed by atoms with E-state index in [1.807, 2.05) is 60.1 Å². The summed E-state index contributed by atoms with van der Waals surface area (Å²) in [6.07, 6.45) is 1.84. The zero-order valence-electron chi connectivity index (χ0n) is 20.7. The third-order valence-corrected chi connectivity index (χ3v) is 6.65. The lowest BCUT2D eigenvalue weighted by Gasteiger charge is -2.30. The van der Waals surface area contributed by atoms with Crippen LogP contribution in [0.25, 0.3) is 28.2 Å². The summed E-state index contributed by atoms with van der Waals surface area (Å²) in [5.41, 5.74) is 9.25. The lowest BCUT2D eigenvalue weighted by molar-refractivity contribution is 0.355. The summed E-state index contributed by atoms with van der Waals surface area (Å²) >= 11 is 0. The predicted molar refractivity (Wildman–Crippen MR) is 141 cm³/mol. The van der Waals surface area contributed by atoms with Crippen molar-refractivity contribution in [1.82, 2.24) is 19.6 Å². The van der Waals surface area contributed by atoms with Gasteiger partial charge in [0, 0.05) is 28.6 Å². The number of aryl methyl sites for hydroxylation is 2. The van der Waals surface area contributed by atoms with Crippen molar-refractivity contribution in [2.24, 2.45) is 0 Å². The van der Waals surface area contributed by atoms with Gasteiger partial charge in [-0.15, -0.1) is 0 Å². The van der Waals surface area contributed by atoms with Gasteiger partial charge in [-0.1, -0.05) is 36.4 Å². The van der Waals surface area contributed by atoms with Crippen molar-refractivity contribution >= 4 is 5.69 Å². The van der Waals surface area contributed by atoms with Crippen molar-refractivity contribution in [3.63, 3.8) is 0 Å². The van der Waals surface area contributed by atoms with Crippen LogP contribution >= 0.6 is 0 Å². The molecule has 0 radical (unpaired) electrons. The zero-order valence-corrected chi connectivity index (χ0v) is 20.7. The van der Waals surface area contributed by atoms with Crippen LogP contribution in [0.4, 0.5) is 5.69 Å². The first-order valence-electron chi connectivity index (χ1n) is 11.9. The minimum absolute atomic E-state index is 0.247. The van der Waals surface area contributed by atoms with Crippen molar-refractivity contribution in [3.8, 4) is 39.7 Å². The number of fused-ring (bicyclic) bond motifs is 3. The standard InChI is InChI=1S/C29H27N5O2/c1-18-9-8-12-22-24-15-19(2)31-34(24)29(30-27(18)22)23-17-33(21-10-6-5-7-11-21)32-28(23)20-13-14-25(35-3)26(16-20)36-4/h5-17,29-30H,1-4H3/t29-/m0/s1. The third-order valence-electron chi connectivity index (χ3n) is 6.65. The molecule has 1 aliphatic rings. The fourth-order valence-electron chi connectivity index (χ4n) is 4.90. The smallest absolute Gasteiger partial charge is 0.161 e. The van der Waals surface area contributed by atoms with E-state index in [4.69, 9.17) is 19.7 Å². The van der Waals surface area contributed by atoms with Crippen LogP contribution in [0, 0.1) is 13.8 Å². The number of anilines is 1. The summed E-state index contributed by atoms with van der Waals surface area (Å²) in [7, 11) is 3.28. The first kappa shape index (κ1) is 22.0. The molecule has 0 saturated heterocycles. The predicted octanol–water partition coefficient (Wildman–Crippen LogP) is 6.01. The minimum atomic E-state index is -0.247. The van der Waals surface area contributed by atoms with Gasteiger partial charge in [-0.2, -0.15) is 10.2 Å². The maximum absolute atomic E-state index is 5.60. The van der Waals surface area contributed by atoms with Gasteiger partial charge < -0.3 is 14.8 Å². The first-order chi connectivity index (χ1) is 17.6. The number of para-hydroxylation sites is 2. The Kier molecular flexibility index (Phi) is 5.25. The third kappa shape index (κ3) is 3.51. The van der Waals surface area contributed by atoms with Gasteiger partial charge in [0.05, 0.1) is 31.3 Å². The monoisotopic (exact) mass is 477 g/mol. The summed E-state index contributed by atoms with van der Waals surface area (Å²) in [4.78, 5) is 0. The van der Waals surface area contributed by atoms with Crippen LogP contribution in [0.3, 0.4) is 0 Å². The molecule has 36 heavy (non-hydrogen) atoms. The molecule has 0 fully saturated rings. The number of aromatic nitrogens is 4. The first-order valence-corrected chi connectivity index (χ1v) is 11.9. The van der Waals surface area contributed by atoms with E-state index in [1.165, 1.54) is 5.56 Å². The number of rotatable bonds is 5. The Hall–Kier alpha value is -4.52. The molecule has 3 aromatic carbocycles. The normalized spacial score (nSPS) is 14.1. The second-order valence-electron chi connectivity index (χ2n) is 8.94. The van der Waals surface area contributed by atoms with Crippen molar-refractivity contribution in [2.45, 2.75) is 20.0 Å². The highest BCUT2D eigenvalue weighted by molar-refractivity contribution is 5.82. The van der Waals surface area contributed by atoms with Crippen LogP contribution in [0.15, 0.2) is 79.0 Å². The SMILES string of the molecule is COc1ccc(-c2nn(-c3ccccc3)cc2[C@H]2Nc3c(C)cccc3-c3cc(C)nn32)cc1OC. The van der Waals surface area contributed by atoms with Gasteiger partial charge in [0.2, 0.25) is 0 Å². The molecule has 0 unspecified atom stereocenters. The van der Waals surface area contributed by atoms with Crippen molar-refractivity contribution in [2.75, 3.05) is 19.5 Å². The van der Waals surface area contributed by atoms with Gasteiger partial charge in [0.25, 0.3) is 0 Å². The average Bonchev–Trinajstić information content (AvgIpc) is 3.53. The topological polar surface area (TPSA) is 66.1 Å². The Morgan fingerprint density at radius 1 is 0.833 bits per heavy atom. The molecular formula is C29H27N5O2. The molecule has 7 nitrogen and oxygen atoms in total. The second-order valence-corrected chi connectivity index (χ2v) is 8.94. The van der Waals surface area contributed by atoms with E-state index >= 15 is 0 Å². The summed E-state index contributed by atoms with van der Waals surface area (Å²) in [5, 5.41) is 13.7. The number of hydrogen-bond donors (Lipinski definition) is 1. The van der Waals surface area contributed by atoms with E-state index in [1.54, 1.807) is 14.2 Å². The van der Waals surface area contributed by atoms with Gasteiger partial charge in [-0.25, -0.2) is 9.36 Å². The Balaban J connectivity index is 1.57. The highest BCUT2D eigenvalue weighted by Crippen LogP contribution is 2.43. The summed E-state index contributed by atoms with van der Waals surface area (Å²) in [6, 6.07) is 24.5. The van der Waals surface area contributed by atoms with Crippen molar-refractivity contribution in [3.05, 3.63) is 95.8 Å². The number of nitrogens with zero attached hydrogens (tertiary/aromatic N) is 4. The molecule has 0 spiro atoms. The second kappa shape index (κ2) is 8.61. The molecule has 0 saturated carbocycles. The Bertz CT molecular complexity index is 1570. The number of benzene rings is 3. The molecule has 6 rings (SSSR count). The Labute approximate surface area is 209 Å². The molecule has 5 aromatic rings. The highest BCUT2D eigenvalue weighted by atomic mass is 16.5. The van der Waals surface area contributed by atoms with Crippen LogP contribution < -0.4 is 14.8 Å². The lowest BCUT2D eigenvalue weighted by atomic mass is 9.99. The fraction of sp³-hybridized carbons (Fsp3) is 0.172. The van der Waals surface area contributed by atoms with Gasteiger partial charge in [-0.3, -0.25) is 0 Å². The number of hydrogen-bond acceptors (Lipinski definition) is 5. The van der Waals surface area contributed by atoms with E-state index in [0.717, 1.165) is 45.1 Å². The number of nitrogens with one attached hydrogen (secondary N) is 1. The lowest BCUT2D eigenvalue weighted by Crippen LogP contribution is -2.26. The van der Waals surface area contributed by atoms with Gasteiger partial charge >= 0.3 is 0 Å². The highest BCUT2D eigenvalue weighted by Gasteiger charge is 2.31. The summed E-state index contributed by atoms with van der Waals surface area (Å²) < 4.78 is 15.1. The van der Waals surface area contributed by atoms with E-state index in [2.05, 4.69) is 47.4 Å². The average molecular weight is 478 g/mol. The number of ether oxygens (including phenoxy) is 2. The molecule has 3 heterocycles. The zero-order chi connectivity index (χ0) is 24.8. The van der Waals surface area contributed by atoms with E-state index in [0.29, 0.717) is 11.5 Å². The van der Waals surface area contributed by atoms with Crippen LogP contribution in [0.1, 0.15) is 23.0 Å². The Morgan fingerprint density at radius 2 is 1.64 bits per heavy atom. The molecule has 1 N–H and O–H groups in total. The van der Waals surface area contributed by atoms with E-state index < -0.39 is 0 Å². The molecule has 1 atom stereocenters. The molecule has 0 aliphatic carbocycles. The minimum Gasteiger partial charge on any atom is -0.493 e.